The molecule has 1 N–H and O–H groups in total. The van der Waals surface area contributed by atoms with E-state index in [4.69, 9.17) is 4.74 Å². The van der Waals surface area contributed by atoms with Crippen LogP contribution in [0.4, 0.5) is 0 Å². The number of fused-ring (bicyclic) bond motifs is 1. The second-order valence-electron chi connectivity index (χ2n) is 5.25. The molecule has 0 bridgehead atoms. The van der Waals surface area contributed by atoms with Crippen LogP contribution >= 0.6 is 15.9 Å². The molecule has 1 aromatic heterocycles. The highest BCUT2D eigenvalue weighted by Crippen LogP contribution is 2.35. The Morgan fingerprint density at radius 3 is 2.90 bits per heavy atom. The third-order valence-corrected chi connectivity index (χ3v) is 4.62. The van der Waals surface area contributed by atoms with Crippen LogP contribution in [-0.4, -0.2) is 16.8 Å². The second-order valence-corrected chi connectivity index (χ2v) is 6.10. The molecule has 20 heavy (non-hydrogen) atoms. The van der Waals surface area contributed by atoms with Crippen LogP contribution < -0.4 is 4.74 Å². The van der Waals surface area contributed by atoms with Gasteiger partial charge >= 0.3 is 0 Å². The Morgan fingerprint density at radius 2 is 2.15 bits per heavy atom. The Kier molecular flexibility index (Phi) is 3.61. The van der Waals surface area contributed by atoms with Gasteiger partial charge in [0.2, 0.25) is 0 Å². The van der Waals surface area contributed by atoms with Crippen LogP contribution in [0.15, 0.2) is 28.7 Å². The molecule has 1 atom stereocenters. The molecule has 0 saturated carbocycles. The van der Waals surface area contributed by atoms with Crippen molar-refractivity contribution in [2.45, 2.75) is 32.3 Å². The maximum atomic E-state index is 10.1. The maximum Gasteiger partial charge on any atom is 0.135 e. The minimum atomic E-state index is -0.323. The summed E-state index contributed by atoms with van der Waals surface area (Å²) in [6.07, 6.45) is 2.58. The van der Waals surface area contributed by atoms with Crippen molar-refractivity contribution in [1.82, 2.24) is 4.57 Å². The van der Waals surface area contributed by atoms with Gasteiger partial charge in [-0.3, -0.25) is 0 Å². The van der Waals surface area contributed by atoms with E-state index in [0.717, 1.165) is 46.4 Å². The number of aliphatic hydroxyl groups excluding tert-OH is 1. The molecule has 4 heteroatoms. The van der Waals surface area contributed by atoms with E-state index < -0.39 is 0 Å². The molecule has 1 aliphatic carbocycles. The first-order valence-electron chi connectivity index (χ1n) is 6.85. The van der Waals surface area contributed by atoms with E-state index in [-0.39, 0.29) is 6.10 Å². The molecule has 106 valence electrons. The van der Waals surface area contributed by atoms with Gasteiger partial charge in [0.25, 0.3) is 0 Å². The summed E-state index contributed by atoms with van der Waals surface area (Å²) in [4.78, 5) is 0. The SMILES string of the molecule is COc1cc(-n2c(C)cc3c2CCCC3O)ccc1Br. The number of methoxy groups -OCH3 is 1. The Balaban J connectivity index is 2.15. The van der Waals surface area contributed by atoms with Crippen LogP contribution in [-0.2, 0) is 6.42 Å². The molecule has 1 unspecified atom stereocenters. The number of hydrogen-bond acceptors (Lipinski definition) is 2. The molecule has 0 spiro atoms. The van der Waals surface area contributed by atoms with Gasteiger partial charge in [-0.05, 0) is 60.3 Å². The van der Waals surface area contributed by atoms with Gasteiger partial charge in [-0.2, -0.15) is 0 Å². The number of nitrogens with zero attached hydrogens (tertiary/aromatic N) is 1. The van der Waals surface area contributed by atoms with Gasteiger partial charge < -0.3 is 14.4 Å². The molecular formula is C16H18BrNO2. The van der Waals surface area contributed by atoms with Crippen molar-refractivity contribution < 1.29 is 9.84 Å². The van der Waals surface area contributed by atoms with Crippen molar-refractivity contribution in [3.63, 3.8) is 0 Å². The molecule has 0 aliphatic heterocycles. The van der Waals surface area contributed by atoms with Gasteiger partial charge in [0.05, 0.1) is 17.7 Å². The van der Waals surface area contributed by atoms with Gasteiger partial charge in [-0.15, -0.1) is 0 Å². The Hall–Kier alpha value is -1.26. The predicted octanol–water partition coefficient (Wildman–Crippen LogP) is 3.93. The summed E-state index contributed by atoms with van der Waals surface area (Å²) in [5, 5.41) is 10.1. The van der Waals surface area contributed by atoms with E-state index in [0.29, 0.717) is 0 Å². The zero-order valence-electron chi connectivity index (χ0n) is 11.7. The molecule has 3 rings (SSSR count). The topological polar surface area (TPSA) is 34.4 Å². The quantitative estimate of drug-likeness (QED) is 0.902. The summed E-state index contributed by atoms with van der Waals surface area (Å²) in [5.74, 6) is 0.820. The number of benzene rings is 1. The first kappa shape index (κ1) is 13.7. The minimum Gasteiger partial charge on any atom is -0.495 e. The summed E-state index contributed by atoms with van der Waals surface area (Å²) in [5.41, 5.74) is 4.54. The van der Waals surface area contributed by atoms with Crippen molar-refractivity contribution in [2.24, 2.45) is 0 Å². The van der Waals surface area contributed by atoms with E-state index in [2.05, 4.69) is 39.6 Å². The number of aromatic nitrogens is 1. The van der Waals surface area contributed by atoms with Crippen LogP contribution in [0.5, 0.6) is 5.75 Å². The lowest BCUT2D eigenvalue weighted by atomic mass is 9.95. The number of rotatable bonds is 2. The van der Waals surface area contributed by atoms with E-state index in [1.54, 1.807) is 7.11 Å². The Morgan fingerprint density at radius 1 is 1.35 bits per heavy atom. The summed E-state index contributed by atoms with van der Waals surface area (Å²) >= 11 is 3.48. The Labute approximate surface area is 127 Å². The summed E-state index contributed by atoms with van der Waals surface area (Å²) < 4.78 is 8.55. The Bertz CT molecular complexity index is 648. The molecule has 0 fully saturated rings. The van der Waals surface area contributed by atoms with Crippen LogP contribution in [0.25, 0.3) is 5.69 Å². The number of hydrogen-bond donors (Lipinski definition) is 1. The lowest BCUT2D eigenvalue weighted by Gasteiger charge is -2.21. The minimum absolute atomic E-state index is 0.323. The summed E-state index contributed by atoms with van der Waals surface area (Å²) in [6, 6.07) is 8.20. The van der Waals surface area contributed by atoms with Gasteiger partial charge in [0, 0.05) is 28.7 Å². The molecule has 1 heterocycles. The number of aryl methyl sites for hydroxylation is 1. The van der Waals surface area contributed by atoms with E-state index in [1.807, 2.05) is 12.1 Å². The highest BCUT2D eigenvalue weighted by atomic mass is 79.9. The van der Waals surface area contributed by atoms with Crippen molar-refractivity contribution in [3.8, 4) is 11.4 Å². The van der Waals surface area contributed by atoms with E-state index in [9.17, 15) is 5.11 Å². The van der Waals surface area contributed by atoms with Crippen LogP contribution in [0.3, 0.4) is 0 Å². The molecular weight excluding hydrogens is 318 g/mol. The monoisotopic (exact) mass is 335 g/mol. The lowest BCUT2D eigenvalue weighted by molar-refractivity contribution is 0.156. The fourth-order valence-corrected chi connectivity index (χ4v) is 3.43. The fraction of sp³-hybridized carbons (Fsp3) is 0.375. The first-order valence-corrected chi connectivity index (χ1v) is 7.64. The van der Waals surface area contributed by atoms with Gasteiger partial charge in [-0.1, -0.05) is 0 Å². The van der Waals surface area contributed by atoms with Crippen LogP contribution in [0, 0.1) is 6.92 Å². The van der Waals surface area contributed by atoms with Crippen molar-refractivity contribution in [1.29, 1.82) is 0 Å². The average Bonchev–Trinajstić information content (AvgIpc) is 2.77. The van der Waals surface area contributed by atoms with Crippen molar-refractivity contribution in [3.05, 3.63) is 45.7 Å². The van der Waals surface area contributed by atoms with Crippen molar-refractivity contribution >= 4 is 15.9 Å². The molecule has 0 radical (unpaired) electrons. The standard InChI is InChI=1S/C16H18BrNO2/c1-10-8-12-14(4-3-5-15(12)19)18(10)11-6-7-13(17)16(9-11)20-2/h6-9,15,19H,3-5H2,1-2H3. The van der Waals surface area contributed by atoms with Gasteiger partial charge in [0.15, 0.2) is 0 Å². The third kappa shape index (κ3) is 2.17. The van der Waals surface area contributed by atoms with Crippen LogP contribution in [0.1, 0.15) is 35.9 Å². The second kappa shape index (κ2) is 5.26. The van der Waals surface area contributed by atoms with Crippen LogP contribution in [0.2, 0.25) is 0 Å². The zero-order chi connectivity index (χ0) is 14.3. The molecule has 0 amide bonds. The largest absolute Gasteiger partial charge is 0.495 e. The zero-order valence-corrected chi connectivity index (χ0v) is 13.3. The molecule has 1 aromatic carbocycles. The molecule has 2 aromatic rings. The molecule has 1 aliphatic rings. The van der Waals surface area contributed by atoms with E-state index >= 15 is 0 Å². The van der Waals surface area contributed by atoms with Crippen molar-refractivity contribution in [2.75, 3.05) is 7.11 Å². The molecule has 0 saturated heterocycles. The molecule has 3 nitrogen and oxygen atoms in total. The lowest BCUT2D eigenvalue weighted by Crippen LogP contribution is -2.11. The number of halogens is 1. The summed E-state index contributed by atoms with van der Waals surface area (Å²) in [7, 11) is 1.67. The van der Waals surface area contributed by atoms with E-state index in [1.165, 1.54) is 5.69 Å². The van der Waals surface area contributed by atoms with Gasteiger partial charge in [0.1, 0.15) is 5.75 Å². The summed E-state index contributed by atoms with van der Waals surface area (Å²) in [6.45, 7) is 2.08. The number of aliphatic hydroxyl groups is 1. The third-order valence-electron chi connectivity index (χ3n) is 3.96. The average molecular weight is 336 g/mol. The van der Waals surface area contributed by atoms with Gasteiger partial charge in [-0.25, -0.2) is 0 Å². The predicted molar refractivity (Wildman–Crippen MR) is 82.7 cm³/mol. The number of ether oxygens (including phenoxy) is 1. The highest BCUT2D eigenvalue weighted by molar-refractivity contribution is 9.10. The highest BCUT2D eigenvalue weighted by Gasteiger charge is 2.23. The smallest absolute Gasteiger partial charge is 0.135 e. The first-order chi connectivity index (χ1) is 9.61. The normalized spacial score (nSPS) is 17.9. The maximum absolute atomic E-state index is 10.1. The fourth-order valence-electron chi connectivity index (χ4n) is 3.02.